The first kappa shape index (κ1) is 22.6. The molecule has 2 atom stereocenters. The largest absolute Gasteiger partial charge is 0.416 e. The molecule has 0 aromatic carbocycles. The van der Waals surface area contributed by atoms with Crippen LogP contribution in [0.3, 0.4) is 0 Å². The molecule has 23 heavy (non-hydrogen) atoms. The average Bonchev–Trinajstić information content (AvgIpc) is 2.44. The van der Waals surface area contributed by atoms with Crippen molar-refractivity contribution in [3.63, 3.8) is 0 Å². The topological polar surface area (TPSA) is 26.3 Å². The maximum Gasteiger partial charge on any atom is 0.200 e. The Labute approximate surface area is 146 Å². The highest BCUT2D eigenvalue weighted by molar-refractivity contribution is 6.77. The first-order valence-electron chi connectivity index (χ1n) is 9.44. The molecular formula is C20H40O2Si. The minimum Gasteiger partial charge on any atom is -0.416 e. The molecule has 0 aliphatic carbocycles. The quantitative estimate of drug-likeness (QED) is 0.234. The monoisotopic (exact) mass is 340 g/mol. The van der Waals surface area contributed by atoms with E-state index in [9.17, 15) is 4.79 Å². The number of allylic oxidation sites excluding steroid dienone is 2. The third kappa shape index (κ3) is 7.34. The lowest BCUT2D eigenvalue weighted by Gasteiger charge is -2.42. The van der Waals surface area contributed by atoms with Gasteiger partial charge in [-0.1, -0.05) is 67.9 Å². The molecule has 0 aliphatic heterocycles. The Bertz CT molecular complexity index is 326. The number of hydrogen-bond acceptors (Lipinski definition) is 2. The van der Waals surface area contributed by atoms with Gasteiger partial charge >= 0.3 is 0 Å². The zero-order valence-corrected chi connectivity index (χ0v) is 17.8. The van der Waals surface area contributed by atoms with Crippen molar-refractivity contribution in [1.82, 2.24) is 0 Å². The highest BCUT2D eigenvalue weighted by atomic mass is 28.4. The van der Waals surface area contributed by atoms with Crippen LogP contribution in [0.25, 0.3) is 0 Å². The number of carbonyl (C=O) groups excluding carboxylic acids is 1. The van der Waals surface area contributed by atoms with E-state index in [0.717, 1.165) is 19.3 Å². The van der Waals surface area contributed by atoms with Crippen LogP contribution in [-0.2, 0) is 9.22 Å². The smallest absolute Gasteiger partial charge is 0.200 e. The lowest BCUT2D eigenvalue weighted by molar-refractivity contribution is -0.104. The summed E-state index contributed by atoms with van der Waals surface area (Å²) in [7, 11) is -1.72. The predicted octanol–water partition coefficient (Wildman–Crippen LogP) is 6.38. The second-order valence-electron chi connectivity index (χ2n) is 8.16. The summed E-state index contributed by atoms with van der Waals surface area (Å²) in [5, 5.41) is 0. The third-order valence-electron chi connectivity index (χ3n) is 5.20. The van der Waals surface area contributed by atoms with Gasteiger partial charge in [-0.3, -0.25) is 4.79 Å². The molecular weight excluding hydrogens is 300 g/mol. The van der Waals surface area contributed by atoms with Crippen LogP contribution in [0.4, 0.5) is 0 Å². The maximum atomic E-state index is 10.3. The second-order valence-corrected chi connectivity index (χ2v) is 13.6. The Morgan fingerprint density at radius 2 is 1.39 bits per heavy atom. The van der Waals surface area contributed by atoms with E-state index in [1.54, 1.807) is 6.08 Å². The summed E-state index contributed by atoms with van der Waals surface area (Å²) in [6.45, 7) is 19.5. The normalized spacial score (nSPS) is 15.8. The molecule has 0 amide bonds. The van der Waals surface area contributed by atoms with Crippen molar-refractivity contribution >= 4 is 14.6 Å². The summed E-state index contributed by atoms with van der Waals surface area (Å²) in [5.74, 6) is 1.10. The van der Waals surface area contributed by atoms with Gasteiger partial charge in [0.1, 0.15) is 6.29 Å². The van der Waals surface area contributed by atoms with E-state index in [1.165, 1.54) is 12.8 Å². The van der Waals surface area contributed by atoms with Crippen LogP contribution >= 0.6 is 0 Å². The standard InChI is InChI=1S/C20H40O2Si/c1-16(2)23(17(3)4,18(5)6)22-15-20(8)12-9-11-19(7)13-10-14-21/h10,13-14,16-20H,9,11-12,15H2,1-8H3/b13-10+/t19-,20+/m1/s1. The van der Waals surface area contributed by atoms with Gasteiger partial charge in [-0.15, -0.1) is 0 Å². The van der Waals surface area contributed by atoms with Crippen molar-refractivity contribution in [3.05, 3.63) is 12.2 Å². The molecule has 0 fully saturated rings. The lowest BCUT2D eigenvalue weighted by atomic mass is 9.99. The first-order valence-corrected chi connectivity index (χ1v) is 11.6. The lowest BCUT2D eigenvalue weighted by Crippen LogP contribution is -2.48. The molecule has 0 spiro atoms. The summed E-state index contributed by atoms with van der Waals surface area (Å²) in [6.07, 6.45) is 8.04. The highest BCUT2D eigenvalue weighted by Crippen LogP contribution is 2.42. The van der Waals surface area contributed by atoms with Crippen molar-refractivity contribution in [2.45, 2.75) is 91.3 Å². The van der Waals surface area contributed by atoms with Crippen molar-refractivity contribution < 1.29 is 9.22 Å². The van der Waals surface area contributed by atoms with E-state index in [-0.39, 0.29) is 0 Å². The molecule has 0 saturated heterocycles. The molecule has 0 heterocycles. The fourth-order valence-electron chi connectivity index (χ4n) is 3.99. The zero-order chi connectivity index (χ0) is 18.0. The molecule has 0 saturated carbocycles. The van der Waals surface area contributed by atoms with Crippen molar-refractivity contribution in [2.24, 2.45) is 11.8 Å². The summed E-state index contributed by atoms with van der Waals surface area (Å²) in [5.41, 5.74) is 1.97. The van der Waals surface area contributed by atoms with Gasteiger partial charge in [0, 0.05) is 6.61 Å². The Morgan fingerprint density at radius 1 is 0.870 bits per heavy atom. The minimum atomic E-state index is -1.72. The second kappa shape index (κ2) is 11.2. The Balaban J connectivity index is 4.41. The van der Waals surface area contributed by atoms with Crippen LogP contribution in [0, 0.1) is 11.8 Å². The average molecular weight is 341 g/mol. The third-order valence-corrected chi connectivity index (χ3v) is 11.3. The highest BCUT2D eigenvalue weighted by Gasteiger charge is 2.45. The fourth-order valence-corrected chi connectivity index (χ4v) is 9.56. The predicted molar refractivity (Wildman–Crippen MR) is 104 cm³/mol. The van der Waals surface area contributed by atoms with Crippen LogP contribution in [0.2, 0.25) is 16.6 Å². The van der Waals surface area contributed by atoms with E-state index in [0.29, 0.717) is 28.5 Å². The Kier molecular flexibility index (Phi) is 11.0. The van der Waals surface area contributed by atoms with E-state index in [1.807, 2.05) is 6.08 Å². The van der Waals surface area contributed by atoms with Crippen LogP contribution < -0.4 is 0 Å². The van der Waals surface area contributed by atoms with Gasteiger partial charge in [0.2, 0.25) is 0 Å². The van der Waals surface area contributed by atoms with Gasteiger partial charge in [0.25, 0.3) is 0 Å². The van der Waals surface area contributed by atoms with Crippen molar-refractivity contribution in [3.8, 4) is 0 Å². The molecule has 0 unspecified atom stereocenters. The van der Waals surface area contributed by atoms with E-state index in [2.05, 4.69) is 55.4 Å². The maximum absolute atomic E-state index is 10.3. The molecule has 0 rings (SSSR count). The number of hydrogen-bond donors (Lipinski definition) is 0. The molecule has 0 radical (unpaired) electrons. The van der Waals surface area contributed by atoms with Crippen LogP contribution in [-0.4, -0.2) is 21.2 Å². The summed E-state index contributed by atoms with van der Waals surface area (Å²) in [4.78, 5) is 10.3. The van der Waals surface area contributed by atoms with Crippen LogP contribution in [0.5, 0.6) is 0 Å². The van der Waals surface area contributed by atoms with E-state index in [4.69, 9.17) is 4.43 Å². The molecule has 136 valence electrons. The summed E-state index contributed by atoms with van der Waals surface area (Å²) < 4.78 is 6.68. The minimum absolute atomic E-state index is 0.490. The van der Waals surface area contributed by atoms with E-state index >= 15 is 0 Å². The van der Waals surface area contributed by atoms with Gasteiger partial charge in [0.15, 0.2) is 8.32 Å². The van der Waals surface area contributed by atoms with Gasteiger partial charge in [0.05, 0.1) is 0 Å². The molecule has 0 aromatic heterocycles. The fraction of sp³-hybridized carbons (Fsp3) is 0.850. The summed E-state index contributed by atoms with van der Waals surface area (Å²) in [6, 6.07) is 0. The number of aldehydes is 1. The first-order chi connectivity index (χ1) is 10.7. The van der Waals surface area contributed by atoms with Gasteiger partial charge in [-0.05, 0) is 47.4 Å². The number of carbonyl (C=O) groups is 1. The SMILES string of the molecule is CC(C)[Si](OC[C@@H](C)CCC[C@@H](C)/C=C/C=O)(C(C)C)C(C)C. The van der Waals surface area contributed by atoms with Gasteiger partial charge < -0.3 is 4.43 Å². The zero-order valence-electron chi connectivity index (χ0n) is 16.8. The Morgan fingerprint density at radius 3 is 1.83 bits per heavy atom. The van der Waals surface area contributed by atoms with Crippen LogP contribution in [0.1, 0.15) is 74.7 Å². The molecule has 3 heteroatoms. The van der Waals surface area contributed by atoms with Gasteiger partial charge in [-0.25, -0.2) is 0 Å². The number of rotatable bonds is 12. The van der Waals surface area contributed by atoms with E-state index < -0.39 is 8.32 Å². The van der Waals surface area contributed by atoms with Crippen molar-refractivity contribution in [2.75, 3.05) is 6.61 Å². The molecule has 0 bridgehead atoms. The van der Waals surface area contributed by atoms with Gasteiger partial charge in [-0.2, -0.15) is 0 Å². The van der Waals surface area contributed by atoms with Crippen molar-refractivity contribution in [1.29, 1.82) is 0 Å². The van der Waals surface area contributed by atoms with Crippen LogP contribution in [0.15, 0.2) is 12.2 Å². The molecule has 0 N–H and O–H groups in total. The summed E-state index contributed by atoms with van der Waals surface area (Å²) >= 11 is 0. The molecule has 0 aromatic rings. The molecule has 0 aliphatic rings. The Hall–Kier alpha value is -0.413. The molecule has 2 nitrogen and oxygen atoms in total.